The molecule has 0 aliphatic rings. The van der Waals surface area contributed by atoms with Crippen molar-refractivity contribution in [3.05, 3.63) is 58.3 Å². The predicted octanol–water partition coefficient (Wildman–Crippen LogP) is 1.31. The van der Waals surface area contributed by atoms with Gasteiger partial charge in [-0.25, -0.2) is 4.79 Å². The van der Waals surface area contributed by atoms with Crippen LogP contribution in [0.5, 0.6) is 0 Å². The van der Waals surface area contributed by atoms with E-state index < -0.39 is 5.76 Å². The van der Waals surface area contributed by atoms with Crippen LogP contribution in [-0.2, 0) is 17.9 Å². The van der Waals surface area contributed by atoms with Gasteiger partial charge in [0.2, 0.25) is 5.91 Å². The average Bonchev–Trinajstić information content (AvgIpc) is 3.38. The summed E-state index contributed by atoms with van der Waals surface area (Å²) in [4.78, 5) is 24.6. The number of nitrogens with one attached hydrogen (secondary N) is 1. The minimum absolute atomic E-state index is 0.104. The third-order valence-corrected chi connectivity index (χ3v) is 4.57. The summed E-state index contributed by atoms with van der Waals surface area (Å²) < 4.78 is 8.07. The van der Waals surface area contributed by atoms with Gasteiger partial charge < -0.3 is 9.73 Å². The fourth-order valence-electron chi connectivity index (χ4n) is 2.43. The van der Waals surface area contributed by atoms with Gasteiger partial charge in [-0.2, -0.15) is 4.68 Å². The van der Waals surface area contributed by atoms with E-state index >= 15 is 0 Å². The van der Waals surface area contributed by atoms with E-state index in [1.54, 1.807) is 4.40 Å². The van der Waals surface area contributed by atoms with Crippen LogP contribution in [0.15, 0.2) is 51.1 Å². The summed E-state index contributed by atoms with van der Waals surface area (Å²) >= 11 is 1.43. The average molecular weight is 370 g/mol. The monoisotopic (exact) mass is 370 g/mol. The Labute approximate surface area is 150 Å². The van der Waals surface area contributed by atoms with Crippen molar-refractivity contribution >= 4 is 22.9 Å². The minimum Gasteiger partial charge on any atom is -0.387 e. The Morgan fingerprint density at radius 3 is 3.00 bits per heavy atom. The molecule has 9 nitrogen and oxygen atoms in total. The molecule has 1 amide bonds. The Balaban J connectivity index is 1.35. The third-order valence-electron chi connectivity index (χ3n) is 3.72. The predicted molar refractivity (Wildman–Crippen MR) is 93.5 cm³/mol. The maximum Gasteiger partial charge on any atom is 0.437 e. The normalized spacial score (nSPS) is 11.1. The zero-order valence-corrected chi connectivity index (χ0v) is 14.3. The molecule has 4 aromatic rings. The maximum atomic E-state index is 12.1. The van der Waals surface area contributed by atoms with E-state index in [4.69, 9.17) is 4.42 Å². The van der Waals surface area contributed by atoms with E-state index in [2.05, 4.69) is 20.6 Å². The minimum atomic E-state index is -0.579. The van der Waals surface area contributed by atoms with Crippen molar-refractivity contribution in [2.24, 2.45) is 0 Å². The van der Waals surface area contributed by atoms with Crippen molar-refractivity contribution in [3.8, 4) is 10.8 Å². The molecule has 0 atom stereocenters. The van der Waals surface area contributed by atoms with Crippen molar-refractivity contribution in [1.29, 1.82) is 0 Å². The van der Waals surface area contributed by atoms with Gasteiger partial charge in [0.05, 0.1) is 18.0 Å². The van der Waals surface area contributed by atoms with Crippen LogP contribution in [0, 0.1) is 0 Å². The van der Waals surface area contributed by atoms with Crippen molar-refractivity contribution in [1.82, 2.24) is 29.7 Å². The third kappa shape index (κ3) is 3.26. The zero-order chi connectivity index (χ0) is 17.9. The van der Waals surface area contributed by atoms with Gasteiger partial charge in [0, 0.05) is 12.6 Å². The highest BCUT2D eigenvalue weighted by atomic mass is 32.1. The number of pyridine rings is 1. The lowest BCUT2D eigenvalue weighted by atomic mass is 10.4. The second-order valence-electron chi connectivity index (χ2n) is 5.45. The number of aromatic nitrogens is 5. The molecule has 0 saturated carbocycles. The number of hydrogen-bond donors (Lipinski definition) is 1. The Morgan fingerprint density at radius 1 is 1.23 bits per heavy atom. The molecule has 0 radical (unpaired) electrons. The largest absolute Gasteiger partial charge is 0.437 e. The summed E-state index contributed by atoms with van der Waals surface area (Å²) in [6.45, 7) is 0.387. The maximum absolute atomic E-state index is 12.1. The molecular formula is C16H14N6O3S. The van der Waals surface area contributed by atoms with Crippen LogP contribution >= 0.6 is 11.3 Å². The van der Waals surface area contributed by atoms with Crippen LogP contribution in [0.25, 0.3) is 16.4 Å². The molecule has 0 saturated heterocycles. The van der Waals surface area contributed by atoms with Crippen molar-refractivity contribution in [2.75, 3.05) is 0 Å². The first-order valence-electron chi connectivity index (χ1n) is 7.88. The Bertz CT molecular complexity index is 1090. The topological polar surface area (TPSA) is 107 Å². The molecule has 4 heterocycles. The molecule has 10 heteroatoms. The molecule has 1 N–H and O–H groups in total. The van der Waals surface area contributed by atoms with E-state index in [1.165, 1.54) is 11.3 Å². The van der Waals surface area contributed by atoms with Crippen LogP contribution in [0.4, 0.5) is 0 Å². The van der Waals surface area contributed by atoms with Gasteiger partial charge >= 0.3 is 5.76 Å². The number of fused-ring (bicyclic) bond motifs is 1. The van der Waals surface area contributed by atoms with Crippen LogP contribution in [0.1, 0.15) is 12.2 Å². The summed E-state index contributed by atoms with van der Waals surface area (Å²) in [5.74, 6) is 0.0998. The SMILES string of the molecule is O=C(CCn1nc(-c2cccs2)oc1=O)NCc1nnc2ccccn12. The van der Waals surface area contributed by atoms with Gasteiger partial charge in [0.1, 0.15) is 0 Å². The van der Waals surface area contributed by atoms with E-state index in [9.17, 15) is 9.59 Å². The lowest BCUT2D eigenvalue weighted by Crippen LogP contribution is -2.27. The number of carbonyl (C=O) groups is 1. The molecule has 0 aliphatic carbocycles. The zero-order valence-electron chi connectivity index (χ0n) is 13.5. The van der Waals surface area contributed by atoms with Gasteiger partial charge in [0.15, 0.2) is 11.5 Å². The smallest absolute Gasteiger partial charge is 0.387 e. The molecule has 4 aromatic heterocycles. The summed E-state index contributed by atoms with van der Waals surface area (Å²) in [7, 11) is 0. The molecule has 0 aliphatic heterocycles. The van der Waals surface area contributed by atoms with Gasteiger partial charge in [-0.15, -0.1) is 26.6 Å². The first kappa shape index (κ1) is 16.2. The Kier molecular flexibility index (Phi) is 4.32. The second kappa shape index (κ2) is 6.92. The molecule has 4 rings (SSSR count). The number of carbonyl (C=O) groups excluding carboxylic acids is 1. The molecule has 0 aromatic carbocycles. The van der Waals surface area contributed by atoms with Crippen molar-refractivity contribution < 1.29 is 9.21 Å². The number of aryl methyl sites for hydroxylation is 1. The van der Waals surface area contributed by atoms with Gasteiger partial charge in [0.25, 0.3) is 5.89 Å². The highest BCUT2D eigenvalue weighted by molar-refractivity contribution is 7.13. The van der Waals surface area contributed by atoms with Crippen LogP contribution in [0.3, 0.4) is 0 Å². The first-order chi connectivity index (χ1) is 12.7. The van der Waals surface area contributed by atoms with Crippen molar-refractivity contribution in [3.63, 3.8) is 0 Å². The van der Waals surface area contributed by atoms with Crippen molar-refractivity contribution in [2.45, 2.75) is 19.5 Å². The summed E-state index contributed by atoms with van der Waals surface area (Å²) in [6, 6.07) is 9.23. The lowest BCUT2D eigenvalue weighted by Gasteiger charge is -2.03. The molecular weight excluding hydrogens is 356 g/mol. The highest BCUT2D eigenvalue weighted by Gasteiger charge is 2.13. The quantitative estimate of drug-likeness (QED) is 0.548. The van der Waals surface area contributed by atoms with Crippen LogP contribution < -0.4 is 11.1 Å². The molecule has 0 spiro atoms. The van der Waals surface area contributed by atoms with E-state index in [-0.39, 0.29) is 31.3 Å². The molecule has 0 fully saturated rings. The second-order valence-corrected chi connectivity index (χ2v) is 6.39. The van der Waals surface area contributed by atoms with Crippen LogP contribution in [0.2, 0.25) is 0 Å². The number of thiophene rings is 1. The fraction of sp³-hybridized carbons (Fsp3) is 0.188. The fourth-order valence-corrected chi connectivity index (χ4v) is 3.08. The van der Waals surface area contributed by atoms with Gasteiger partial charge in [-0.05, 0) is 23.6 Å². The molecule has 26 heavy (non-hydrogen) atoms. The summed E-state index contributed by atoms with van der Waals surface area (Å²) in [5.41, 5.74) is 0.715. The number of nitrogens with zero attached hydrogens (tertiary/aromatic N) is 5. The van der Waals surface area contributed by atoms with Crippen LogP contribution in [-0.4, -0.2) is 30.3 Å². The molecule has 0 bridgehead atoms. The number of amides is 1. The molecule has 0 unspecified atom stereocenters. The Morgan fingerprint density at radius 2 is 2.15 bits per heavy atom. The highest BCUT2D eigenvalue weighted by Crippen LogP contribution is 2.20. The molecule has 132 valence electrons. The van der Waals surface area contributed by atoms with Gasteiger partial charge in [-0.3, -0.25) is 9.20 Å². The summed E-state index contributed by atoms with van der Waals surface area (Å²) in [5, 5.41) is 16.8. The standard InChI is InChI=1S/C16H14N6O3S/c23-14(17-10-13-19-18-12-5-1-2-7-21(12)13)6-8-22-16(24)25-15(20-22)11-4-3-9-26-11/h1-5,7,9H,6,8,10H2,(H,17,23). The van der Waals surface area contributed by atoms with E-state index in [0.717, 1.165) is 9.56 Å². The number of rotatable bonds is 6. The lowest BCUT2D eigenvalue weighted by molar-refractivity contribution is -0.121. The first-order valence-corrected chi connectivity index (χ1v) is 8.76. The van der Waals surface area contributed by atoms with E-state index in [0.29, 0.717) is 11.5 Å². The number of hydrogen-bond acceptors (Lipinski definition) is 7. The van der Waals surface area contributed by atoms with E-state index in [1.807, 2.05) is 41.9 Å². The Hall–Kier alpha value is -3.27. The summed E-state index contributed by atoms with van der Waals surface area (Å²) in [6.07, 6.45) is 1.94. The van der Waals surface area contributed by atoms with Gasteiger partial charge in [-0.1, -0.05) is 12.1 Å².